The minimum absolute atomic E-state index is 0.0932. The summed E-state index contributed by atoms with van der Waals surface area (Å²) in [6, 6.07) is 0. The number of aliphatic hydroxyl groups is 1. The van der Waals surface area contributed by atoms with E-state index in [-0.39, 0.29) is 11.5 Å². The van der Waals surface area contributed by atoms with Gasteiger partial charge in [0.1, 0.15) is 0 Å². The zero-order valence-electron chi connectivity index (χ0n) is 12.7. The van der Waals surface area contributed by atoms with E-state index in [0.29, 0.717) is 6.10 Å². The van der Waals surface area contributed by atoms with E-state index >= 15 is 0 Å². The average Bonchev–Trinajstić information content (AvgIpc) is 2.44. The molecule has 0 amide bonds. The third-order valence-electron chi connectivity index (χ3n) is 5.22. The van der Waals surface area contributed by atoms with Gasteiger partial charge in [0.2, 0.25) is 0 Å². The summed E-state index contributed by atoms with van der Waals surface area (Å²) >= 11 is 0. The van der Waals surface area contributed by atoms with Gasteiger partial charge in [-0.3, -0.25) is 0 Å². The molecule has 2 aliphatic rings. The molecule has 112 valence electrons. The molecule has 1 spiro atoms. The third-order valence-corrected chi connectivity index (χ3v) is 5.22. The molecule has 2 unspecified atom stereocenters. The summed E-state index contributed by atoms with van der Waals surface area (Å²) in [6.07, 6.45) is 8.65. The summed E-state index contributed by atoms with van der Waals surface area (Å²) < 4.78 is 5.81. The summed E-state index contributed by atoms with van der Waals surface area (Å²) in [6.45, 7) is 8.63. The Morgan fingerprint density at radius 3 is 2.47 bits per heavy atom. The number of hydrogen-bond acceptors (Lipinski definition) is 3. The van der Waals surface area contributed by atoms with Gasteiger partial charge in [-0.25, -0.2) is 0 Å². The van der Waals surface area contributed by atoms with Crippen LogP contribution < -0.4 is 0 Å². The maximum Gasteiger partial charge on any atom is 0.0681 e. The second-order valence-corrected chi connectivity index (χ2v) is 6.33. The van der Waals surface area contributed by atoms with Crippen molar-refractivity contribution in [3.05, 3.63) is 0 Å². The fraction of sp³-hybridized carbons (Fsp3) is 1.00. The molecular weight excluding hydrogens is 238 g/mol. The second kappa shape index (κ2) is 7.05. The van der Waals surface area contributed by atoms with E-state index < -0.39 is 0 Å². The molecule has 1 saturated heterocycles. The van der Waals surface area contributed by atoms with Gasteiger partial charge in [0.25, 0.3) is 0 Å². The van der Waals surface area contributed by atoms with Gasteiger partial charge in [-0.1, -0.05) is 26.2 Å². The van der Waals surface area contributed by atoms with Crippen molar-refractivity contribution in [2.24, 2.45) is 5.41 Å². The first-order chi connectivity index (χ1) is 9.23. The maximum atomic E-state index is 10.2. The molecule has 1 heterocycles. The SMILES string of the molecule is CCCCCCN1CCC2(CC1)C(O)CC2OCC. The molecule has 3 nitrogen and oxygen atoms in total. The summed E-state index contributed by atoms with van der Waals surface area (Å²) in [5.41, 5.74) is 0.0932. The Kier molecular flexibility index (Phi) is 5.67. The number of likely N-dealkylation sites (tertiary alicyclic amines) is 1. The summed E-state index contributed by atoms with van der Waals surface area (Å²) in [5, 5.41) is 10.2. The Balaban J connectivity index is 1.72. The predicted molar refractivity (Wildman–Crippen MR) is 78.3 cm³/mol. The molecule has 3 heteroatoms. The number of unbranched alkanes of at least 4 members (excludes halogenated alkanes) is 3. The van der Waals surface area contributed by atoms with Crippen LogP contribution in [0.5, 0.6) is 0 Å². The zero-order valence-corrected chi connectivity index (χ0v) is 12.7. The number of piperidine rings is 1. The molecule has 1 N–H and O–H groups in total. The van der Waals surface area contributed by atoms with E-state index in [1.54, 1.807) is 0 Å². The smallest absolute Gasteiger partial charge is 0.0681 e. The molecule has 1 saturated carbocycles. The lowest BCUT2D eigenvalue weighted by atomic mass is 9.58. The maximum absolute atomic E-state index is 10.2. The van der Waals surface area contributed by atoms with Crippen LogP contribution in [0.1, 0.15) is 58.8 Å². The highest BCUT2D eigenvalue weighted by Crippen LogP contribution is 2.50. The molecule has 0 radical (unpaired) electrons. The number of nitrogens with zero attached hydrogens (tertiary/aromatic N) is 1. The van der Waals surface area contributed by atoms with Gasteiger partial charge in [-0.15, -0.1) is 0 Å². The molecule has 0 bridgehead atoms. The van der Waals surface area contributed by atoms with Gasteiger partial charge in [-0.2, -0.15) is 0 Å². The first-order valence-electron chi connectivity index (χ1n) is 8.25. The first kappa shape index (κ1) is 15.3. The summed E-state index contributed by atoms with van der Waals surface area (Å²) in [7, 11) is 0. The molecule has 0 aromatic heterocycles. The lowest BCUT2D eigenvalue weighted by Gasteiger charge is -2.56. The fourth-order valence-corrected chi connectivity index (χ4v) is 3.77. The quantitative estimate of drug-likeness (QED) is 0.721. The zero-order chi connectivity index (χ0) is 13.7. The minimum Gasteiger partial charge on any atom is -0.392 e. The number of hydrogen-bond donors (Lipinski definition) is 1. The van der Waals surface area contributed by atoms with E-state index in [2.05, 4.69) is 18.7 Å². The van der Waals surface area contributed by atoms with Crippen molar-refractivity contribution in [2.45, 2.75) is 71.0 Å². The molecule has 19 heavy (non-hydrogen) atoms. The normalized spacial score (nSPS) is 30.5. The van der Waals surface area contributed by atoms with Crippen molar-refractivity contribution in [1.29, 1.82) is 0 Å². The van der Waals surface area contributed by atoms with Crippen LogP contribution in [0.2, 0.25) is 0 Å². The molecule has 0 aromatic carbocycles. The van der Waals surface area contributed by atoms with E-state index in [9.17, 15) is 5.11 Å². The Morgan fingerprint density at radius 2 is 1.89 bits per heavy atom. The third kappa shape index (κ3) is 3.32. The Morgan fingerprint density at radius 1 is 1.16 bits per heavy atom. The Hall–Kier alpha value is -0.120. The Bertz CT molecular complexity index is 259. The van der Waals surface area contributed by atoms with E-state index in [4.69, 9.17) is 4.74 Å². The monoisotopic (exact) mass is 269 g/mol. The van der Waals surface area contributed by atoms with Gasteiger partial charge in [0.05, 0.1) is 12.2 Å². The topological polar surface area (TPSA) is 32.7 Å². The average molecular weight is 269 g/mol. The van der Waals surface area contributed by atoms with Gasteiger partial charge in [0.15, 0.2) is 0 Å². The molecule has 2 fully saturated rings. The van der Waals surface area contributed by atoms with Crippen LogP contribution in [0.15, 0.2) is 0 Å². The predicted octanol–water partition coefficient (Wildman–Crippen LogP) is 2.82. The molecule has 1 aliphatic heterocycles. The number of aliphatic hydroxyl groups excluding tert-OH is 1. The van der Waals surface area contributed by atoms with Gasteiger partial charge < -0.3 is 14.7 Å². The highest BCUT2D eigenvalue weighted by molar-refractivity contribution is 5.06. The van der Waals surface area contributed by atoms with Crippen LogP contribution in [-0.2, 0) is 4.74 Å². The first-order valence-corrected chi connectivity index (χ1v) is 8.25. The lowest BCUT2D eigenvalue weighted by molar-refractivity contribution is -0.209. The largest absolute Gasteiger partial charge is 0.392 e. The fourth-order valence-electron chi connectivity index (χ4n) is 3.77. The van der Waals surface area contributed by atoms with Crippen molar-refractivity contribution in [3.8, 4) is 0 Å². The Labute approximate surface area is 118 Å². The minimum atomic E-state index is -0.119. The molecular formula is C16H31NO2. The van der Waals surface area contributed by atoms with Gasteiger partial charge in [0, 0.05) is 18.4 Å². The van der Waals surface area contributed by atoms with E-state index in [1.165, 1.54) is 32.2 Å². The van der Waals surface area contributed by atoms with Gasteiger partial charge in [-0.05, 0) is 45.8 Å². The highest BCUT2D eigenvalue weighted by atomic mass is 16.5. The van der Waals surface area contributed by atoms with Crippen LogP contribution in [-0.4, -0.2) is 48.5 Å². The molecule has 0 aromatic rings. The van der Waals surface area contributed by atoms with Crippen LogP contribution in [0, 0.1) is 5.41 Å². The summed E-state index contributed by atoms with van der Waals surface area (Å²) in [5.74, 6) is 0. The second-order valence-electron chi connectivity index (χ2n) is 6.33. The van der Waals surface area contributed by atoms with Crippen molar-refractivity contribution in [3.63, 3.8) is 0 Å². The van der Waals surface area contributed by atoms with Crippen molar-refractivity contribution < 1.29 is 9.84 Å². The van der Waals surface area contributed by atoms with E-state index in [0.717, 1.165) is 39.0 Å². The van der Waals surface area contributed by atoms with Crippen LogP contribution in [0.4, 0.5) is 0 Å². The summed E-state index contributed by atoms with van der Waals surface area (Å²) in [4.78, 5) is 2.58. The number of ether oxygens (including phenoxy) is 1. The van der Waals surface area contributed by atoms with Crippen molar-refractivity contribution >= 4 is 0 Å². The van der Waals surface area contributed by atoms with Crippen molar-refractivity contribution in [1.82, 2.24) is 4.90 Å². The van der Waals surface area contributed by atoms with E-state index in [1.807, 2.05) is 0 Å². The lowest BCUT2D eigenvalue weighted by Crippen LogP contribution is -2.62. The van der Waals surface area contributed by atoms with Gasteiger partial charge >= 0.3 is 0 Å². The van der Waals surface area contributed by atoms with Crippen molar-refractivity contribution in [2.75, 3.05) is 26.2 Å². The van der Waals surface area contributed by atoms with Crippen LogP contribution >= 0.6 is 0 Å². The number of rotatable bonds is 7. The highest BCUT2D eigenvalue weighted by Gasteiger charge is 2.55. The van der Waals surface area contributed by atoms with Crippen LogP contribution in [0.25, 0.3) is 0 Å². The standard InChI is InChI=1S/C16H31NO2/c1-3-5-6-7-10-17-11-8-16(9-12-17)14(18)13-15(16)19-4-2/h14-15,18H,3-13H2,1-2H3. The molecule has 2 atom stereocenters. The van der Waals surface area contributed by atoms with Crippen LogP contribution in [0.3, 0.4) is 0 Å². The molecule has 2 rings (SSSR count). The molecule has 1 aliphatic carbocycles.